The van der Waals surface area contributed by atoms with Gasteiger partial charge in [-0.05, 0) is 109 Å². The Labute approximate surface area is 240 Å². The molecule has 1 aliphatic carbocycles. The second-order valence-electron chi connectivity index (χ2n) is 16.1. The summed E-state index contributed by atoms with van der Waals surface area (Å²) in [4.78, 5) is 0. The summed E-state index contributed by atoms with van der Waals surface area (Å²) >= 11 is 0. The van der Waals surface area contributed by atoms with Gasteiger partial charge in [-0.15, -0.1) is 0 Å². The third kappa shape index (κ3) is 5.68. The van der Waals surface area contributed by atoms with Crippen LogP contribution in [-0.4, -0.2) is 0 Å². The molecular formula is C39H52. The SMILES string of the molecule is Cc1c(C(C)(C)C)cc(C2=Cc3cccc(-c4cc(C(C)(C)C)c(C)c(C(C)(C)C)c4)c3C2)cc1C(C)(C)C. The zero-order valence-corrected chi connectivity index (χ0v) is 27.3. The molecule has 0 bridgehead atoms. The summed E-state index contributed by atoms with van der Waals surface area (Å²) in [6.07, 6.45) is 3.43. The molecule has 0 atom stereocenters. The zero-order valence-electron chi connectivity index (χ0n) is 27.3. The van der Waals surface area contributed by atoms with Crippen molar-refractivity contribution in [3.63, 3.8) is 0 Å². The molecule has 39 heavy (non-hydrogen) atoms. The van der Waals surface area contributed by atoms with E-state index >= 15 is 0 Å². The normalized spacial score (nSPS) is 14.5. The van der Waals surface area contributed by atoms with Gasteiger partial charge in [0, 0.05) is 0 Å². The predicted octanol–water partition coefficient (Wildman–Crippen LogP) is 11.3. The largest absolute Gasteiger partial charge is 0.0610 e. The van der Waals surface area contributed by atoms with Crippen LogP contribution in [0.25, 0.3) is 22.8 Å². The monoisotopic (exact) mass is 520 g/mol. The molecule has 0 saturated carbocycles. The maximum absolute atomic E-state index is 2.48. The van der Waals surface area contributed by atoms with E-state index in [2.05, 4.69) is 145 Å². The Morgan fingerprint density at radius 2 is 0.897 bits per heavy atom. The van der Waals surface area contributed by atoms with Gasteiger partial charge in [-0.1, -0.05) is 132 Å². The van der Waals surface area contributed by atoms with Crippen molar-refractivity contribution < 1.29 is 0 Å². The zero-order chi connectivity index (χ0) is 29.3. The molecule has 1 aliphatic rings. The second-order valence-corrected chi connectivity index (χ2v) is 16.1. The van der Waals surface area contributed by atoms with Crippen molar-refractivity contribution in [1.82, 2.24) is 0 Å². The van der Waals surface area contributed by atoms with Gasteiger partial charge in [-0.3, -0.25) is 0 Å². The first-order valence-corrected chi connectivity index (χ1v) is 14.8. The quantitative estimate of drug-likeness (QED) is 0.315. The van der Waals surface area contributed by atoms with Gasteiger partial charge in [0.25, 0.3) is 0 Å². The molecule has 0 aromatic heterocycles. The van der Waals surface area contributed by atoms with Crippen molar-refractivity contribution in [3.8, 4) is 11.1 Å². The molecule has 0 aliphatic heterocycles. The Bertz CT molecular complexity index is 1370. The lowest BCUT2D eigenvalue weighted by Crippen LogP contribution is -2.20. The van der Waals surface area contributed by atoms with Gasteiger partial charge in [-0.25, -0.2) is 0 Å². The van der Waals surface area contributed by atoms with E-state index in [1.54, 1.807) is 0 Å². The fourth-order valence-corrected chi connectivity index (χ4v) is 6.71. The van der Waals surface area contributed by atoms with Gasteiger partial charge < -0.3 is 0 Å². The molecule has 0 amide bonds. The first-order valence-electron chi connectivity index (χ1n) is 14.8. The summed E-state index contributed by atoms with van der Waals surface area (Å²) in [6.45, 7) is 32.8. The molecule has 0 heterocycles. The topological polar surface area (TPSA) is 0 Å². The maximum Gasteiger partial charge on any atom is -0.000750 e. The van der Waals surface area contributed by atoms with Crippen LogP contribution >= 0.6 is 0 Å². The van der Waals surface area contributed by atoms with Gasteiger partial charge in [0.05, 0.1) is 0 Å². The van der Waals surface area contributed by atoms with Crippen molar-refractivity contribution in [2.75, 3.05) is 0 Å². The van der Waals surface area contributed by atoms with Crippen molar-refractivity contribution in [3.05, 3.63) is 92.5 Å². The molecule has 0 unspecified atom stereocenters. The van der Waals surface area contributed by atoms with Gasteiger partial charge in [-0.2, -0.15) is 0 Å². The minimum absolute atomic E-state index is 0.0933. The average Bonchev–Trinajstić information content (AvgIpc) is 3.20. The Morgan fingerprint density at radius 3 is 1.28 bits per heavy atom. The van der Waals surface area contributed by atoms with Crippen molar-refractivity contribution >= 4 is 11.6 Å². The van der Waals surface area contributed by atoms with Gasteiger partial charge >= 0.3 is 0 Å². The molecule has 0 saturated heterocycles. The summed E-state index contributed by atoms with van der Waals surface area (Å²) in [6, 6.07) is 16.8. The fraction of sp³-hybridized carbons (Fsp3) is 0.487. The molecule has 0 heteroatoms. The Kier molecular flexibility index (Phi) is 7.16. The van der Waals surface area contributed by atoms with Gasteiger partial charge in [0.15, 0.2) is 0 Å². The van der Waals surface area contributed by atoms with Crippen LogP contribution in [0.5, 0.6) is 0 Å². The van der Waals surface area contributed by atoms with E-state index in [9.17, 15) is 0 Å². The smallest absolute Gasteiger partial charge is 0.000750 e. The predicted molar refractivity (Wildman–Crippen MR) is 174 cm³/mol. The molecule has 0 spiro atoms. The van der Waals surface area contributed by atoms with Crippen LogP contribution < -0.4 is 0 Å². The van der Waals surface area contributed by atoms with Crippen molar-refractivity contribution in [1.29, 1.82) is 0 Å². The summed E-state index contributed by atoms with van der Waals surface area (Å²) in [5.74, 6) is 0. The average molecular weight is 521 g/mol. The molecule has 0 nitrogen and oxygen atoms in total. The highest BCUT2D eigenvalue weighted by atomic mass is 14.3. The van der Waals surface area contributed by atoms with Crippen LogP contribution in [0.2, 0.25) is 0 Å². The third-order valence-electron chi connectivity index (χ3n) is 8.64. The third-order valence-corrected chi connectivity index (χ3v) is 8.64. The van der Waals surface area contributed by atoms with Crippen LogP contribution in [0.1, 0.15) is 133 Å². The molecule has 0 N–H and O–H groups in total. The highest BCUT2D eigenvalue weighted by Crippen LogP contribution is 2.43. The van der Waals surface area contributed by atoms with Crippen LogP contribution in [-0.2, 0) is 28.1 Å². The van der Waals surface area contributed by atoms with Crippen molar-refractivity contribution in [2.45, 2.75) is 125 Å². The van der Waals surface area contributed by atoms with E-state index in [-0.39, 0.29) is 21.7 Å². The summed E-state index contributed by atoms with van der Waals surface area (Å²) < 4.78 is 0. The number of allylic oxidation sites excluding steroid dienone is 1. The van der Waals surface area contributed by atoms with E-state index in [1.807, 2.05) is 0 Å². The fourth-order valence-electron chi connectivity index (χ4n) is 6.71. The molecule has 4 rings (SSSR count). The number of benzene rings is 3. The lowest BCUT2D eigenvalue weighted by Gasteiger charge is -2.30. The Morgan fingerprint density at radius 1 is 0.513 bits per heavy atom. The number of hydrogen-bond donors (Lipinski definition) is 0. The number of fused-ring (bicyclic) bond motifs is 1. The van der Waals surface area contributed by atoms with E-state index in [4.69, 9.17) is 0 Å². The molecule has 208 valence electrons. The van der Waals surface area contributed by atoms with Crippen LogP contribution in [0.4, 0.5) is 0 Å². The number of hydrogen-bond acceptors (Lipinski definition) is 0. The summed E-state index contributed by atoms with van der Waals surface area (Å²) in [7, 11) is 0. The van der Waals surface area contributed by atoms with Crippen molar-refractivity contribution in [2.24, 2.45) is 0 Å². The van der Waals surface area contributed by atoms with E-state index in [1.165, 1.54) is 66.8 Å². The van der Waals surface area contributed by atoms with Crippen LogP contribution in [0.15, 0.2) is 42.5 Å². The molecule has 3 aromatic rings. The summed E-state index contributed by atoms with van der Waals surface area (Å²) in [5, 5.41) is 0. The van der Waals surface area contributed by atoms with Crippen LogP contribution in [0.3, 0.4) is 0 Å². The van der Waals surface area contributed by atoms with E-state index in [0.717, 1.165) is 6.42 Å². The molecular weight excluding hydrogens is 468 g/mol. The van der Waals surface area contributed by atoms with E-state index < -0.39 is 0 Å². The van der Waals surface area contributed by atoms with Gasteiger partial charge in [0.2, 0.25) is 0 Å². The molecule has 3 aromatic carbocycles. The second kappa shape index (κ2) is 9.50. The molecule has 0 radical (unpaired) electrons. The minimum atomic E-state index is 0.0933. The maximum atomic E-state index is 2.48. The standard InChI is InChI=1S/C39H52/c1-24-32(36(3,4)5)20-28(21-33(24)37(6,7)8)27-18-26-16-15-17-30(31(26)19-27)29-22-34(38(9,10)11)25(2)35(23-29)39(12,13)14/h15-18,20-23H,19H2,1-14H3. The minimum Gasteiger partial charge on any atom is -0.0610 e. The lowest BCUT2D eigenvalue weighted by molar-refractivity contribution is 0.560. The first kappa shape index (κ1) is 29.4. The van der Waals surface area contributed by atoms with E-state index in [0.29, 0.717) is 0 Å². The van der Waals surface area contributed by atoms with Gasteiger partial charge in [0.1, 0.15) is 0 Å². The Hall–Kier alpha value is -2.60. The highest BCUT2D eigenvalue weighted by Gasteiger charge is 2.28. The lowest BCUT2D eigenvalue weighted by atomic mass is 9.74. The van der Waals surface area contributed by atoms with Crippen LogP contribution in [0, 0.1) is 13.8 Å². The first-order chi connectivity index (χ1) is 17.7. The Balaban J connectivity index is 1.88. The highest BCUT2D eigenvalue weighted by molar-refractivity contribution is 5.92. The molecule has 0 fully saturated rings. The number of rotatable bonds is 2. The summed E-state index contributed by atoms with van der Waals surface area (Å²) in [5.41, 5.74) is 17.5.